The Morgan fingerprint density at radius 3 is 2.41 bits per heavy atom. The first kappa shape index (κ1) is 18.9. The first-order valence-corrected chi connectivity index (χ1v) is 8.04. The Hall–Kier alpha value is -1.14. The minimum atomic E-state index is -0.821. The summed E-state index contributed by atoms with van der Waals surface area (Å²) in [4.78, 5) is 0. The van der Waals surface area contributed by atoms with Crippen molar-refractivity contribution in [3.8, 4) is 5.75 Å². The molecule has 0 saturated heterocycles. The number of ether oxygens (including phenoxy) is 1. The molecule has 1 aromatic carbocycles. The highest BCUT2D eigenvalue weighted by Gasteiger charge is 2.26. The quantitative estimate of drug-likeness (QED) is 0.527. The van der Waals surface area contributed by atoms with Crippen molar-refractivity contribution < 1.29 is 14.9 Å². The molecule has 0 fully saturated rings. The van der Waals surface area contributed by atoms with Gasteiger partial charge in [0.2, 0.25) is 0 Å². The molecule has 6 N–H and O–H groups in total. The predicted molar refractivity (Wildman–Crippen MR) is 88.7 cm³/mol. The summed E-state index contributed by atoms with van der Waals surface area (Å²) in [6.45, 7) is 4.55. The zero-order valence-corrected chi connectivity index (χ0v) is 13.7. The van der Waals surface area contributed by atoms with Crippen molar-refractivity contribution in [2.24, 2.45) is 11.5 Å². The summed E-state index contributed by atoms with van der Waals surface area (Å²) in [7, 11) is 0. The van der Waals surface area contributed by atoms with E-state index >= 15 is 0 Å². The third kappa shape index (κ3) is 5.57. The van der Waals surface area contributed by atoms with Gasteiger partial charge in [-0.3, -0.25) is 0 Å². The summed E-state index contributed by atoms with van der Waals surface area (Å²) < 4.78 is 5.75. The Morgan fingerprint density at radius 1 is 1.23 bits per heavy atom. The Bertz CT molecular complexity index is 434. The molecule has 0 aliphatic carbocycles. The largest absolute Gasteiger partial charge is 0.491 e. The minimum Gasteiger partial charge on any atom is -0.491 e. The minimum absolute atomic E-state index is 0.207. The second-order valence-corrected chi connectivity index (χ2v) is 5.93. The van der Waals surface area contributed by atoms with Gasteiger partial charge in [-0.15, -0.1) is 0 Å². The van der Waals surface area contributed by atoms with E-state index in [-0.39, 0.29) is 13.2 Å². The Kier molecular flexibility index (Phi) is 7.82. The molecule has 0 aromatic heterocycles. The van der Waals surface area contributed by atoms with Gasteiger partial charge in [-0.2, -0.15) is 0 Å². The Balaban J connectivity index is 2.73. The van der Waals surface area contributed by atoms with Crippen molar-refractivity contribution in [2.75, 3.05) is 13.2 Å². The van der Waals surface area contributed by atoms with E-state index in [2.05, 4.69) is 0 Å². The number of aliphatic hydroxyl groups excluding tert-OH is 1. The average molecular weight is 310 g/mol. The fraction of sp³-hybridized carbons (Fsp3) is 0.647. The number of rotatable bonds is 10. The van der Waals surface area contributed by atoms with Crippen LogP contribution in [0.1, 0.15) is 51.2 Å². The molecular weight excluding hydrogens is 280 g/mol. The van der Waals surface area contributed by atoms with Gasteiger partial charge < -0.3 is 26.4 Å². The van der Waals surface area contributed by atoms with Crippen LogP contribution in [0.25, 0.3) is 0 Å². The molecule has 0 radical (unpaired) electrons. The monoisotopic (exact) mass is 310 g/mol. The molecule has 0 aliphatic heterocycles. The summed E-state index contributed by atoms with van der Waals surface area (Å²) in [5.41, 5.74) is 11.1. The molecule has 22 heavy (non-hydrogen) atoms. The molecular formula is C17H30N2O3. The SMILES string of the molecule is CCCC(O)(CCC)COc1cccc(C(O)C(N)CN)c1. The van der Waals surface area contributed by atoms with Crippen LogP contribution in [0.3, 0.4) is 0 Å². The van der Waals surface area contributed by atoms with E-state index in [1.807, 2.05) is 19.9 Å². The molecule has 0 saturated carbocycles. The molecule has 0 heterocycles. The summed E-state index contributed by atoms with van der Waals surface area (Å²) in [6, 6.07) is 6.64. The van der Waals surface area contributed by atoms with E-state index in [1.54, 1.807) is 18.2 Å². The Labute approximate surface area is 133 Å². The number of hydrogen-bond acceptors (Lipinski definition) is 5. The van der Waals surface area contributed by atoms with Crippen LogP contribution < -0.4 is 16.2 Å². The van der Waals surface area contributed by atoms with Gasteiger partial charge >= 0.3 is 0 Å². The van der Waals surface area contributed by atoms with Gasteiger partial charge in [0.1, 0.15) is 12.4 Å². The van der Waals surface area contributed by atoms with Crippen LogP contribution in [-0.4, -0.2) is 35.0 Å². The van der Waals surface area contributed by atoms with Gasteiger partial charge in [-0.25, -0.2) is 0 Å². The van der Waals surface area contributed by atoms with Gasteiger partial charge in [0.25, 0.3) is 0 Å². The summed E-state index contributed by atoms with van der Waals surface area (Å²) in [5, 5.41) is 20.7. The van der Waals surface area contributed by atoms with Crippen molar-refractivity contribution in [3.05, 3.63) is 29.8 Å². The Morgan fingerprint density at radius 2 is 1.86 bits per heavy atom. The third-order valence-electron chi connectivity index (χ3n) is 3.82. The van der Waals surface area contributed by atoms with Crippen molar-refractivity contribution in [1.82, 2.24) is 0 Å². The first-order chi connectivity index (χ1) is 10.5. The lowest BCUT2D eigenvalue weighted by molar-refractivity contribution is -0.0202. The standard InChI is InChI=1S/C17H30N2O3/c1-3-8-17(21,9-4-2)12-22-14-7-5-6-13(10-14)16(20)15(19)11-18/h5-7,10,15-16,20-21H,3-4,8-9,11-12,18-19H2,1-2H3. The number of aliphatic hydroxyl groups is 2. The van der Waals surface area contributed by atoms with Gasteiger partial charge in [0.05, 0.1) is 11.7 Å². The average Bonchev–Trinajstić information content (AvgIpc) is 2.52. The number of nitrogens with two attached hydrogens (primary N) is 2. The van der Waals surface area contributed by atoms with E-state index in [4.69, 9.17) is 16.2 Å². The molecule has 1 rings (SSSR count). The predicted octanol–water partition coefficient (Wildman–Crippen LogP) is 1.72. The highest BCUT2D eigenvalue weighted by Crippen LogP contribution is 2.24. The summed E-state index contributed by atoms with van der Waals surface area (Å²) >= 11 is 0. The number of benzene rings is 1. The fourth-order valence-electron chi connectivity index (χ4n) is 2.58. The lowest BCUT2D eigenvalue weighted by Crippen LogP contribution is -2.36. The van der Waals surface area contributed by atoms with Crippen molar-refractivity contribution >= 4 is 0 Å². The fourth-order valence-corrected chi connectivity index (χ4v) is 2.58. The lowest BCUT2D eigenvalue weighted by atomic mass is 9.94. The molecule has 5 heteroatoms. The summed E-state index contributed by atoms with van der Waals surface area (Å²) in [5.74, 6) is 0.617. The van der Waals surface area contributed by atoms with Crippen LogP contribution in [0.15, 0.2) is 24.3 Å². The summed E-state index contributed by atoms with van der Waals surface area (Å²) in [6.07, 6.45) is 2.41. The molecule has 2 atom stereocenters. The van der Waals surface area contributed by atoms with Crippen molar-refractivity contribution in [2.45, 2.75) is 57.3 Å². The van der Waals surface area contributed by atoms with E-state index in [0.717, 1.165) is 12.8 Å². The van der Waals surface area contributed by atoms with E-state index in [1.165, 1.54) is 0 Å². The van der Waals surface area contributed by atoms with Gasteiger partial charge in [-0.1, -0.05) is 38.8 Å². The third-order valence-corrected chi connectivity index (χ3v) is 3.82. The smallest absolute Gasteiger partial charge is 0.119 e. The van der Waals surface area contributed by atoms with Crippen molar-refractivity contribution in [1.29, 1.82) is 0 Å². The van der Waals surface area contributed by atoms with E-state index < -0.39 is 17.7 Å². The van der Waals surface area contributed by atoms with Crippen molar-refractivity contribution in [3.63, 3.8) is 0 Å². The van der Waals surface area contributed by atoms with Crippen LogP contribution in [0, 0.1) is 0 Å². The second-order valence-electron chi connectivity index (χ2n) is 5.93. The maximum atomic E-state index is 10.6. The van der Waals surface area contributed by atoms with Crippen LogP contribution in [-0.2, 0) is 0 Å². The maximum absolute atomic E-state index is 10.6. The van der Waals surface area contributed by atoms with Crippen LogP contribution >= 0.6 is 0 Å². The van der Waals surface area contributed by atoms with Gasteiger partial charge in [0.15, 0.2) is 0 Å². The van der Waals surface area contributed by atoms with Gasteiger partial charge in [-0.05, 0) is 30.5 Å². The van der Waals surface area contributed by atoms with Crippen LogP contribution in [0.4, 0.5) is 0 Å². The van der Waals surface area contributed by atoms with E-state index in [9.17, 15) is 10.2 Å². The maximum Gasteiger partial charge on any atom is 0.119 e. The zero-order chi connectivity index (χ0) is 16.6. The molecule has 0 aliphatic rings. The topological polar surface area (TPSA) is 102 Å². The zero-order valence-electron chi connectivity index (χ0n) is 13.7. The second kappa shape index (κ2) is 9.10. The number of hydrogen-bond donors (Lipinski definition) is 4. The lowest BCUT2D eigenvalue weighted by Gasteiger charge is -2.27. The molecule has 0 spiro atoms. The first-order valence-electron chi connectivity index (χ1n) is 8.04. The molecule has 5 nitrogen and oxygen atoms in total. The molecule has 0 amide bonds. The van der Waals surface area contributed by atoms with E-state index in [0.29, 0.717) is 24.2 Å². The van der Waals surface area contributed by atoms with Gasteiger partial charge in [0, 0.05) is 12.6 Å². The highest BCUT2D eigenvalue weighted by molar-refractivity contribution is 5.30. The van der Waals surface area contributed by atoms with Crippen LogP contribution in [0.5, 0.6) is 5.75 Å². The normalized spacial score (nSPS) is 14.6. The van der Waals surface area contributed by atoms with Crippen LogP contribution in [0.2, 0.25) is 0 Å². The molecule has 1 aromatic rings. The molecule has 126 valence electrons. The molecule has 2 unspecified atom stereocenters. The molecule has 0 bridgehead atoms. The highest BCUT2D eigenvalue weighted by atomic mass is 16.5.